The van der Waals surface area contributed by atoms with Gasteiger partial charge in [-0.1, -0.05) is 39.0 Å². The molecule has 6 nitrogen and oxygen atoms in total. The fourth-order valence-electron chi connectivity index (χ4n) is 2.30. The number of amides is 2. The summed E-state index contributed by atoms with van der Waals surface area (Å²) in [5.41, 5.74) is 7.31. The number of urea groups is 1. The third-order valence-corrected chi connectivity index (χ3v) is 3.73. The lowest BCUT2D eigenvalue weighted by molar-refractivity contribution is 0.242. The van der Waals surface area contributed by atoms with Crippen molar-refractivity contribution < 1.29 is 4.79 Å². The zero-order valence-corrected chi connectivity index (χ0v) is 14.4. The van der Waals surface area contributed by atoms with Crippen molar-refractivity contribution in [2.75, 3.05) is 12.0 Å². The van der Waals surface area contributed by atoms with Crippen molar-refractivity contribution in [3.8, 4) is 12.1 Å². The van der Waals surface area contributed by atoms with E-state index in [-0.39, 0.29) is 11.6 Å². The van der Waals surface area contributed by atoms with Gasteiger partial charge in [0.15, 0.2) is 0 Å². The van der Waals surface area contributed by atoms with Gasteiger partial charge in [0.1, 0.15) is 12.1 Å². The number of nitrogens with zero attached hydrogens (tertiary/aromatic N) is 2. The number of hydrogen-bond donors (Lipinski definition) is 3. The van der Waals surface area contributed by atoms with E-state index >= 15 is 0 Å². The van der Waals surface area contributed by atoms with Crippen LogP contribution in [-0.2, 0) is 0 Å². The Labute approximate surface area is 143 Å². The molecular formula is C18H25N5O. The van der Waals surface area contributed by atoms with E-state index in [0.717, 1.165) is 18.4 Å². The van der Waals surface area contributed by atoms with Gasteiger partial charge < -0.3 is 5.32 Å². The minimum absolute atomic E-state index is 0.278. The molecule has 3 N–H and O–H groups in total. The highest BCUT2D eigenvalue weighted by atomic mass is 16.2. The molecule has 6 heteroatoms. The van der Waals surface area contributed by atoms with Crippen LogP contribution in [0.3, 0.4) is 0 Å². The predicted molar refractivity (Wildman–Crippen MR) is 94.1 cm³/mol. The van der Waals surface area contributed by atoms with Gasteiger partial charge in [0.25, 0.3) is 0 Å². The Kier molecular flexibility index (Phi) is 8.78. The lowest BCUT2D eigenvalue weighted by atomic mass is 10.0. The highest BCUT2D eigenvalue weighted by molar-refractivity contribution is 5.76. The number of nitrogens with one attached hydrogen (secondary N) is 3. The van der Waals surface area contributed by atoms with E-state index in [1.165, 1.54) is 25.7 Å². The molecule has 0 aliphatic heterocycles. The molecule has 0 saturated heterocycles. The summed E-state index contributed by atoms with van der Waals surface area (Å²) < 4.78 is 0. The van der Waals surface area contributed by atoms with Crippen LogP contribution in [0.2, 0.25) is 0 Å². The number of benzene rings is 1. The van der Waals surface area contributed by atoms with Gasteiger partial charge in [-0.2, -0.15) is 10.5 Å². The molecule has 0 heterocycles. The molecule has 0 bridgehead atoms. The second-order valence-corrected chi connectivity index (χ2v) is 5.71. The van der Waals surface area contributed by atoms with Crippen LogP contribution in [0.5, 0.6) is 0 Å². The van der Waals surface area contributed by atoms with Gasteiger partial charge in [0, 0.05) is 6.54 Å². The number of anilines is 1. The van der Waals surface area contributed by atoms with E-state index in [0.29, 0.717) is 17.8 Å². The summed E-state index contributed by atoms with van der Waals surface area (Å²) in [4.78, 5) is 11.7. The molecule has 0 radical (unpaired) electrons. The molecule has 0 fully saturated rings. The number of aryl methyl sites for hydroxylation is 1. The Hall–Kier alpha value is -2.73. The highest BCUT2D eigenvalue weighted by Crippen LogP contribution is 2.19. The van der Waals surface area contributed by atoms with Crippen molar-refractivity contribution in [1.29, 1.82) is 10.5 Å². The Morgan fingerprint density at radius 2 is 1.67 bits per heavy atom. The molecule has 0 saturated carbocycles. The molecule has 0 unspecified atom stereocenters. The Bertz CT molecular complexity index is 628. The minimum Gasteiger partial charge on any atom is -0.337 e. The van der Waals surface area contributed by atoms with E-state index in [1.54, 1.807) is 19.1 Å². The highest BCUT2D eigenvalue weighted by Gasteiger charge is 2.07. The lowest BCUT2D eigenvalue weighted by Crippen LogP contribution is -2.39. The molecule has 128 valence electrons. The number of carbonyl (C=O) groups excluding carboxylic acids is 1. The smallest absolute Gasteiger partial charge is 0.333 e. The third kappa shape index (κ3) is 6.58. The summed E-state index contributed by atoms with van der Waals surface area (Å²) in [6, 6.07) is 6.82. The summed E-state index contributed by atoms with van der Waals surface area (Å²) in [5, 5.41) is 20.8. The fourth-order valence-corrected chi connectivity index (χ4v) is 2.30. The van der Waals surface area contributed by atoms with E-state index in [9.17, 15) is 4.79 Å². The van der Waals surface area contributed by atoms with Crippen LogP contribution >= 0.6 is 0 Å². The number of carbonyl (C=O) groups is 1. The normalized spacial score (nSPS) is 9.67. The third-order valence-electron chi connectivity index (χ3n) is 3.73. The van der Waals surface area contributed by atoms with Crippen molar-refractivity contribution >= 4 is 11.7 Å². The Morgan fingerprint density at radius 1 is 1.04 bits per heavy atom. The first-order chi connectivity index (χ1) is 11.6. The summed E-state index contributed by atoms with van der Waals surface area (Å²) in [5.74, 6) is 0. The second kappa shape index (κ2) is 10.9. The lowest BCUT2D eigenvalue weighted by Gasteiger charge is -2.12. The molecule has 1 rings (SSSR count). The second-order valence-electron chi connectivity index (χ2n) is 5.71. The first kappa shape index (κ1) is 19.3. The summed E-state index contributed by atoms with van der Waals surface area (Å²) in [7, 11) is 0. The Balaban J connectivity index is 2.35. The van der Waals surface area contributed by atoms with Gasteiger partial charge in [-0.05, 0) is 31.0 Å². The molecular weight excluding hydrogens is 302 g/mol. The topological polar surface area (TPSA) is 101 Å². The van der Waals surface area contributed by atoms with E-state index < -0.39 is 0 Å². The van der Waals surface area contributed by atoms with Crippen molar-refractivity contribution in [2.45, 2.75) is 52.4 Å². The number of rotatable bonds is 9. The van der Waals surface area contributed by atoms with Gasteiger partial charge in [0.2, 0.25) is 0 Å². The van der Waals surface area contributed by atoms with E-state index in [2.05, 4.69) is 23.1 Å². The maximum Gasteiger partial charge on any atom is 0.333 e. The van der Waals surface area contributed by atoms with Crippen LogP contribution in [0.25, 0.3) is 0 Å². The minimum atomic E-state index is -0.314. The zero-order valence-electron chi connectivity index (χ0n) is 14.4. The fraction of sp³-hybridized carbons (Fsp3) is 0.500. The Morgan fingerprint density at radius 3 is 2.33 bits per heavy atom. The van der Waals surface area contributed by atoms with Crippen LogP contribution in [0.4, 0.5) is 10.5 Å². The molecule has 0 aliphatic carbocycles. The van der Waals surface area contributed by atoms with Gasteiger partial charge in [-0.25, -0.2) is 4.79 Å². The largest absolute Gasteiger partial charge is 0.337 e. The molecule has 1 aromatic carbocycles. The van der Waals surface area contributed by atoms with Gasteiger partial charge >= 0.3 is 6.03 Å². The number of hydrazine groups is 1. The molecule has 1 aromatic rings. The van der Waals surface area contributed by atoms with E-state index in [1.807, 2.05) is 12.1 Å². The van der Waals surface area contributed by atoms with Crippen molar-refractivity contribution in [3.63, 3.8) is 0 Å². The molecule has 0 aromatic heterocycles. The average Bonchev–Trinajstić information content (AvgIpc) is 2.59. The van der Waals surface area contributed by atoms with E-state index in [4.69, 9.17) is 10.5 Å². The molecule has 24 heavy (non-hydrogen) atoms. The molecule has 2 amide bonds. The van der Waals surface area contributed by atoms with Crippen LogP contribution in [0, 0.1) is 29.6 Å². The van der Waals surface area contributed by atoms with Gasteiger partial charge in [-0.15, -0.1) is 0 Å². The zero-order chi connectivity index (χ0) is 17.8. The number of hydrogen-bond acceptors (Lipinski definition) is 4. The predicted octanol–water partition coefficient (Wildman–Crippen LogP) is 3.72. The first-order valence-electron chi connectivity index (χ1n) is 8.37. The maximum atomic E-state index is 11.7. The van der Waals surface area contributed by atoms with Crippen molar-refractivity contribution in [1.82, 2.24) is 10.7 Å². The van der Waals surface area contributed by atoms with Gasteiger partial charge in [0.05, 0.1) is 16.8 Å². The average molecular weight is 327 g/mol. The molecule has 0 spiro atoms. The van der Waals surface area contributed by atoms with Gasteiger partial charge in [-0.3, -0.25) is 10.9 Å². The number of nitriles is 2. The van der Waals surface area contributed by atoms with Crippen LogP contribution in [-0.4, -0.2) is 12.6 Å². The SMILES string of the molecule is CCCCCCCCNC(=O)NNc1cc(C#N)c(C#N)cc1C. The quantitative estimate of drug-likeness (QED) is 0.475. The van der Waals surface area contributed by atoms with Crippen molar-refractivity contribution in [3.05, 3.63) is 28.8 Å². The first-order valence-corrected chi connectivity index (χ1v) is 8.37. The standard InChI is InChI=1S/C18H25N5O/c1-3-4-5-6-7-8-9-21-18(24)23-22-17-11-16(13-20)15(12-19)10-14(17)2/h10-11,22H,3-9H2,1-2H3,(H2,21,23,24). The van der Waals surface area contributed by atoms with Crippen LogP contribution < -0.4 is 16.2 Å². The summed E-state index contributed by atoms with van der Waals surface area (Å²) in [6.45, 7) is 4.63. The number of unbranched alkanes of at least 4 members (excludes halogenated alkanes) is 5. The summed E-state index contributed by atoms with van der Waals surface area (Å²) >= 11 is 0. The van der Waals surface area contributed by atoms with Crippen LogP contribution in [0.15, 0.2) is 12.1 Å². The van der Waals surface area contributed by atoms with Crippen LogP contribution in [0.1, 0.15) is 62.1 Å². The monoisotopic (exact) mass is 327 g/mol. The molecule has 0 aliphatic rings. The maximum absolute atomic E-state index is 11.7. The summed E-state index contributed by atoms with van der Waals surface area (Å²) in [6.07, 6.45) is 7.04. The molecule has 0 atom stereocenters. The van der Waals surface area contributed by atoms with Crippen molar-refractivity contribution in [2.24, 2.45) is 0 Å².